The van der Waals surface area contributed by atoms with Crippen molar-refractivity contribution in [1.82, 2.24) is 0 Å². The second-order valence-electron chi connectivity index (χ2n) is 9.34. The maximum Gasteiger partial charge on any atom is 0.416 e. The van der Waals surface area contributed by atoms with Crippen LogP contribution in [-0.4, -0.2) is 11.7 Å². The SMILES string of the molecule is CC1c2cc(C(F)(F)F)ccc2NC(c2ccccc2)C1(C)CCC(C)(C)CO. The van der Waals surface area contributed by atoms with Gasteiger partial charge in [0.1, 0.15) is 0 Å². The summed E-state index contributed by atoms with van der Waals surface area (Å²) >= 11 is 0. The van der Waals surface area contributed by atoms with Crippen molar-refractivity contribution in [1.29, 1.82) is 0 Å². The van der Waals surface area contributed by atoms with E-state index in [9.17, 15) is 18.3 Å². The van der Waals surface area contributed by atoms with Crippen LogP contribution in [0.5, 0.6) is 0 Å². The van der Waals surface area contributed by atoms with E-state index >= 15 is 0 Å². The lowest BCUT2D eigenvalue weighted by Crippen LogP contribution is -2.41. The van der Waals surface area contributed by atoms with Crippen molar-refractivity contribution in [2.75, 3.05) is 11.9 Å². The molecule has 1 heterocycles. The molecule has 1 aliphatic rings. The molecule has 2 nitrogen and oxygen atoms in total. The van der Waals surface area contributed by atoms with Crippen molar-refractivity contribution in [3.8, 4) is 0 Å². The Balaban J connectivity index is 2.07. The summed E-state index contributed by atoms with van der Waals surface area (Å²) in [6, 6.07) is 14.0. The Hall–Kier alpha value is -2.01. The average molecular weight is 406 g/mol. The highest BCUT2D eigenvalue weighted by Crippen LogP contribution is 2.56. The summed E-state index contributed by atoms with van der Waals surface area (Å²) in [5, 5.41) is 13.2. The van der Waals surface area contributed by atoms with E-state index in [1.165, 1.54) is 6.07 Å². The molecule has 2 aromatic carbocycles. The van der Waals surface area contributed by atoms with Gasteiger partial charge in [-0.25, -0.2) is 0 Å². The van der Waals surface area contributed by atoms with Crippen molar-refractivity contribution < 1.29 is 18.3 Å². The van der Waals surface area contributed by atoms with Crippen LogP contribution >= 0.6 is 0 Å². The van der Waals surface area contributed by atoms with Crippen LogP contribution in [0.25, 0.3) is 0 Å². The molecule has 0 aliphatic carbocycles. The number of aliphatic hydroxyl groups is 1. The molecule has 2 N–H and O–H groups in total. The molecule has 0 fully saturated rings. The van der Waals surface area contributed by atoms with E-state index in [4.69, 9.17) is 0 Å². The number of aliphatic hydroxyl groups excluding tert-OH is 1. The number of halogens is 3. The van der Waals surface area contributed by atoms with Gasteiger partial charge in [0, 0.05) is 12.3 Å². The van der Waals surface area contributed by atoms with Gasteiger partial charge in [-0.1, -0.05) is 58.0 Å². The van der Waals surface area contributed by atoms with Gasteiger partial charge in [0.2, 0.25) is 0 Å². The topological polar surface area (TPSA) is 32.3 Å². The van der Waals surface area contributed by atoms with Crippen molar-refractivity contribution in [2.24, 2.45) is 10.8 Å². The summed E-state index contributed by atoms with van der Waals surface area (Å²) < 4.78 is 40.0. The van der Waals surface area contributed by atoms with Crippen LogP contribution < -0.4 is 5.32 Å². The van der Waals surface area contributed by atoms with Gasteiger partial charge in [0.25, 0.3) is 0 Å². The minimum Gasteiger partial charge on any atom is -0.396 e. The van der Waals surface area contributed by atoms with Gasteiger partial charge in [-0.05, 0) is 58.9 Å². The maximum atomic E-state index is 13.3. The van der Waals surface area contributed by atoms with Crippen LogP contribution in [0.15, 0.2) is 48.5 Å². The Kier molecular flexibility index (Phi) is 5.74. The van der Waals surface area contributed by atoms with Crippen LogP contribution in [0, 0.1) is 10.8 Å². The predicted molar refractivity (Wildman–Crippen MR) is 111 cm³/mol. The van der Waals surface area contributed by atoms with Gasteiger partial charge in [0.05, 0.1) is 11.6 Å². The first-order valence-corrected chi connectivity index (χ1v) is 10.1. The molecule has 0 aromatic heterocycles. The molecule has 1 aliphatic heterocycles. The van der Waals surface area contributed by atoms with Crippen molar-refractivity contribution in [2.45, 2.75) is 58.7 Å². The Labute approximate surface area is 171 Å². The zero-order valence-corrected chi connectivity index (χ0v) is 17.5. The maximum absolute atomic E-state index is 13.3. The van der Waals surface area contributed by atoms with E-state index < -0.39 is 11.7 Å². The van der Waals surface area contributed by atoms with E-state index in [2.05, 4.69) is 24.4 Å². The van der Waals surface area contributed by atoms with Crippen molar-refractivity contribution in [3.05, 3.63) is 65.2 Å². The van der Waals surface area contributed by atoms with Gasteiger partial charge >= 0.3 is 6.18 Å². The largest absolute Gasteiger partial charge is 0.416 e. The number of hydrogen-bond acceptors (Lipinski definition) is 2. The number of benzene rings is 2. The van der Waals surface area contributed by atoms with Gasteiger partial charge in [-0.15, -0.1) is 0 Å². The molecule has 0 bridgehead atoms. The highest BCUT2D eigenvalue weighted by molar-refractivity contribution is 5.60. The van der Waals surface area contributed by atoms with Gasteiger partial charge < -0.3 is 10.4 Å². The van der Waals surface area contributed by atoms with Gasteiger partial charge in [-0.3, -0.25) is 0 Å². The lowest BCUT2D eigenvalue weighted by Gasteiger charge is -2.49. The van der Waals surface area contributed by atoms with Crippen LogP contribution in [0.4, 0.5) is 18.9 Å². The van der Waals surface area contributed by atoms with Gasteiger partial charge in [0.15, 0.2) is 0 Å². The molecule has 0 saturated heterocycles. The molecule has 5 heteroatoms. The molecule has 2 aromatic rings. The summed E-state index contributed by atoms with van der Waals surface area (Å²) in [5.74, 6) is -0.0826. The summed E-state index contributed by atoms with van der Waals surface area (Å²) in [5.41, 5.74) is 1.42. The Morgan fingerprint density at radius 2 is 1.72 bits per heavy atom. The van der Waals surface area contributed by atoms with Crippen LogP contribution in [-0.2, 0) is 6.18 Å². The molecule has 158 valence electrons. The molecule has 0 saturated carbocycles. The Morgan fingerprint density at radius 1 is 1.07 bits per heavy atom. The van der Waals surface area contributed by atoms with E-state index in [0.717, 1.165) is 30.2 Å². The first-order valence-electron chi connectivity index (χ1n) is 10.1. The third-order valence-corrected chi connectivity index (χ3v) is 6.70. The Morgan fingerprint density at radius 3 is 2.31 bits per heavy atom. The molecule has 29 heavy (non-hydrogen) atoms. The predicted octanol–water partition coefficient (Wildman–Crippen LogP) is 6.78. The standard InChI is InChI=1S/C24H30F3NO/c1-16-19-14-18(24(25,26)27)10-11-20(19)28-21(17-8-6-5-7-9-17)23(16,4)13-12-22(2,3)15-29/h5-11,14,16,21,28-29H,12-13,15H2,1-4H3. The second kappa shape index (κ2) is 7.67. The number of alkyl halides is 3. The minimum absolute atomic E-state index is 0.0302. The normalized spacial score (nSPS) is 24.7. The first-order chi connectivity index (χ1) is 13.5. The van der Waals surface area contributed by atoms with E-state index in [-0.39, 0.29) is 29.4 Å². The smallest absolute Gasteiger partial charge is 0.396 e. The fraction of sp³-hybridized carbons (Fsp3) is 0.500. The zero-order valence-electron chi connectivity index (χ0n) is 17.5. The summed E-state index contributed by atoms with van der Waals surface area (Å²) in [6.45, 7) is 8.30. The molecular formula is C24H30F3NO. The third-order valence-electron chi connectivity index (χ3n) is 6.70. The number of nitrogens with one attached hydrogen (secondary N) is 1. The van der Waals surface area contributed by atoms with Crippen LogP contribution in [0.1, 0.15) is 69.2 Å². The Bertz CT molecular complexity index is 847. The number of hydrogen-bond donors (Lipinski definition) is 2. The highest BCUT2D eigenvalue weighted by atomic mass is 19.4. The van der Waals surface area contributed by atoms with E-state index in [0.29, 0.717) is 5.56 Å². The molecule has 0 radical (unpaired) electrons. The molecule has 0 amide bonds. The highest BCUT2D eigenvalue weighted by Gasteiger charge is 2.46. The first kappa shape index (κ1) is 21.7. The van der Waals surface area contributed by atoms with Crippen LogP contribution in [0.3, 0.4) is 0 Å². The fourth-order valence-electron chi connectivity index (χ4n) is 4.31. The monoisotopic (exact) mass is 405 g/mol. The fourth-order valence-corrected chi connectivity index (χ4v) is 4.31. The number of rotatable bonds is 5. The lowest BCUT2D eigenvalue weighted by molar-refractivity contribution is -0.137. The molecule has 3 atom stereocenters. The van der Waals surface area contributed by atoms with Crippen molar-refractivity contribution in [3.63, 3.8) is 0 Å². The number of fused-ring (bicyclic) bond motifs is 1. The quantitative estimate of drug-likeness (QED) is 0.575. The molecular weight excluding hydrogens is 375 g/mol. The third kappa shape index (κ3) is 4.30. The minimum atomic E-state index is -4.36. The van der Waals surface area contributed by atoms with Crippen LogP contribution in [0.2, 0.25) is 0 Å². The summed E-state index contributed by atoms with van der Waals surface area (Å²) in [4.78, 5) is 0. The van der Waals surface area contributed by atoms with E-state index in [1.807, 2.05) is 39.0 Å². The second-order valence-corrected chi connectivity index (χ2v) is 9.34. The average Bonchev–Trinajstić information content (AvgIpc) is 2.69. The summed E-state index contributed by atoms with van der Waals surface area (Å²) in [6.07, 6.45) is -2.80. The van der Waals surface area contributed by atoms with Gasteiger partial charge in [-0.2, -0.15) is 13.2 Å². The molecule has 3 unspecified atom stereocenters. The zero-order chi connectivity index (χ0) is 21.4. The van der Waals surface area contributed by atoms with E-state index in [1.54, 1.807) is 6.07 Å². The number of anilines is 1. The molecule has 0 spiro atoms. The lowest BCUT2D eigenvalue weighted by atomic mass is 9.61. The summed E-state index contributed by atoms with van der Waals surface area (Å²) in [7, 11) is 0. The van der Waals surface area contributed by atoms with Crippen molar-refractivity contribution >= 4 is 5.69 Å². The molecule has 3 rings (SSSR count).